The van der Waals surface area contributed by atoms with Crippen molar-refractivity contribution in [2.45, 2.75) is 32.4 Å². The summed E-state index contributed by atoms with van der Waals surface area (Å²) in [5, 5.41) is 10.5. The Balaban J connectivity index is 2.17. The Morgan fingerprint density at radius 2 is 1.53 bits per heavy atom. The molecular weight excluding hydrogens is 234 g/mol. The Labute approximate surface area is 114 Å². The quantitative estimate of drug-likeness (QED) is 0.882. The molecule has 2 aromatic rings. The molecule has 0 fully saturated rings. The molecule has 0 spiro atoms. The van der Waals surface area contributed by atoms with Gasteiger partial charge in [-0.2, -0.15) is 0 Å². The van der Waals surface area contributed by atoms with Crippen LogP contribution in [0.4, 0.5) is 0 Å². The summed E-state index contributed by atoms with van der Waals surface area (Å²) in [6.07, 6.45) is 0.0527. The second-order valence-electron chi connectivity index (χ2n) is 5.10. The molecular formula is C17H21NO. The van der Waals surface area contributed by atoms with Crippen LogP contribution < -0.4 is 5.73 Å². The van der Waals surface area contributed by atoms with Gasteiger partial charge >= 0.3 is 0 Å². The smallest absolute Gasteiger partial charge is 0.0949 e. The van der Waals surface area contributed by atoms with Crippen LogP contribution in [-0.2, 0) is 6.42 Å². The van der Waals surface area contributed by atoms with E-state index in [4.69, 9.17) is 5.73 Å². The summed E-state index contributed by atoms with van der Waals surface area (Å²) < 4.78 is 0. The van der Waals surface area contributed by atoms with Gasteiger partial charge in [0.15, 0.2) is 0 Å². The first-order valence-electron chi connectivity index (χ1n) is 6.63. The van der Waals surface area contributed by atoms with E-state index in [1.807, 2.05) is 62.4 Å². The number of hydrogen-bond donors (Lipinski definition) is 2. The highest BCUT2D eigenvalue weighted by atomic mass is 16.3. The van der Waals surface area contributed by atoms with E-state index in [2.05, 4.69) is 0 Å². The van der Waals surface area contributed by atoms with E-state index in [-0.39, 0.29) is 6.04 Å². The number of benzene rings is 2. The Bertz CT molecular complexity index is 516. The zero-order valence-corrected chi connectivity index (χ0v) is 11.5. The van der Waals surface area contributed by atoms with Crippen molar-refractivity contribution in [2.24, 2.45) is 5.73 Å². The minimum atomic E-state index is -0.624. The summed E-state index contributed by atoms with van der Waals surface area (Å²) in [7, 11) is 0. The number of aryl methyl sites for hydroxylation is 2. The molecule has 0 bridgehead atoms. The van der Waals surface area contributed by atoms with Crippen LogP contribution in [0.1, 0.15) is 28.4 Å². The molecule has 3 N–H and O–H groups in total. The van der Waals surface area contributed by atoms with Gasteiger partial charge in [-0.25, -0.2) is 0 Å². The molecule has 100 valence electrons. The maximum atomic E-state index is 10.5. The number of aliphatic hydroxyl groups is 1. The fourth-order valence-corrected chi connectivity index (χ4v) is 2.51. The molecule has 0 aromatic heterocycles. The van der Waals surface area contributed by atoms with Crippen LogP contribution >= 0.6 is 0 Å². The third kappa shape index (κ3) is 3.22. The van der Waals surface area contributed by atoms with Gasteiger partial charge in [0.25, 0.3) is 0 Å². The molecule has 0 saturated heterocycles. The molecule has 0 radical (unpaired) electrons. The third-order valence-corrected chi connectivity index (χ3v) is 3.56. The van der Waals surface area contributed by atoms with Gasteiger partial charge in [-0.15, -0.1) is 0 Å². The SMILES string of the molecule is Cc1cccc(C)c1C(O)C(N)Cc1ccccc1. The van der Waals surface area contributed by atoms with Gasteiger partial charge < -0.3 is 10.8 Å². The van der Waals surface area contributed by atoms with Crippen molar-refractivity contribution in [3.05, 3.63) is 70.8 Å². The number of aliphatic hydroxyl groups excluding tert-OH is 1. The molecule has 19 heavy (non-hydrogen) atoms. The van der Waals surface area contributed by atoms with Crippen molar-refractivity contribution < 1.29 is 5.11 Å². The minimum absolute atomic E-state index is 0.290. The second kappa shape index (κ2) is 6.00. The van der Waals surface area contributed by atoms with Crippen molar-refractivity contribution in [1.82, 2.24) is 0 Å². The molecule has 2 rings (SSSR count). The Hall–Kier alpha value is -1.64. The molecule has 2 atom stereocenters. The van der Waals surface area contributed by atoms with Crippen molar-refractivity contribution in [2.75, 3.05) is 0 Å². The minimum Gasteiger partial charge on any atom is -0.387 e. The summed E-state index contributed by atoms with van der Waals surface area (Å²) >= 11 is 0. The fraction of sp³-hybridized carbons (Fsp3) is 0.294. The highest BCUT2D eigenvalue weighted by Crippen LogP contribution is 2.25. The standard InChI is InChI=1S/C17H21NO/c1-12-7-6-8-13(2)16(12)17(19)15(18)11-14-9-4-3-5-10-14/h3-10,15,17,19H,11,18H2,1-2H3. The average Bonchev–Trinajstić information content (AvgIpc) is 2.39. The van der Waals surface area contributed by atoms with Gasteiger partial charge in [-0.1, -0.05) is 48.5 Å². The lowest BCUT2D eigenvalue weighted by molar-refractivity contribution is 0.145. The first-order chi connectivity index (χ1) is 9.09. The maximum absolute atomic E-state index is 10.5. The average molecular weight is 255 g/mol. The van der Waals surface area contributed by atoms with Gasteiger partial charge in [0.2, 0.25) is 0 Å². The second-order valence-corrected chi connectivity index (χ2v) is 5.10. The van der Waals surface area contributed by atoms with Gasteiger partial charge in [-0.3, -0.25) is 0 Å². The lowest BCUT2D eigenvalue weighted by Crippen LogP contribution is -2.31. The molecule has 0 aliphatic rings. The molecule has 0 heterocycles. The molecule has 2 heteroatoms. The van der Waals surface area contributed by atoms with Crippen molar-refractivity contribution in [1.29, 1.82) is 0 Å². The van der Waals surface area contributed by atoms with Crippen LogP contribution in [0.25, 0.3) is 0 Å². The largest absolute Gasteiger partial charge is 0.387 e. The number of rotatable bonds is 4. The van der Waals surface area contributed by atoms with Crippen LogP contribution in [0.2, 0.25) is 0 Å². The zero-order chi connectivity index (χ0) is 13.8. The predicted octanol–water partition coefficient (Wildman–Crippen LogP) is 2.91. The molecule has 0 aliphatic carbocycles. The van der Waals surface area contributed by atoms with Crippen LogP contribution in [0, 0.1) is 13.8 Å². The third-order valence-electron chi connectivity index (χ3n) is 3.56. The topological polar surface area (TPSA) is 46.2 Å². The molecule has 2 nitrogen and oxygen atoms in total. The van der Waals surface area contributed by atoms with Gasteiger partial charge in [-0.05, 0) is 42.5 Å². The fourth-order valence-electron chi connectivity index (χ4n) is 2.51. The van der Waals surface area contributed by atoms with E-state index in [0.717, 1.165) is 22.3 Å². The first-order valence-corrected chi connectivity index (χ1v) is 6.63. The van der Waals surface area contributed by atoms with E-state index in [9.17, 15) is 5.11 Å². The van der Waals surface area contributed by atoms with Crippen LogP contribution in [0.3, 0.4) is 0 Å². The van der Waals surface area contributed by atoms with Crippen molar-refractivity contribution in [3.63, 3.8) is 0 Å². The van der Waals surface area contributed by atoms with E-state index in [1.165, 1.54) is 0 Å². The first kappa shape index (κ1) is 13.8. The van der Waals surface area contributed by atoms with Crippen LogP contribution in [0.5, 0.6) is 0 Å². The van der Waals surface area contributed by atoms with Crippen LogP contribution in [-0.4, -0.2) is 11.1 Å². The van der Waals surface area contributed by atoms with Crippen molar-refractivity contribution >= 4 is 0 Å². The molecule has 0 aliphatic heterocycles. The monoisotopic (exact) mass is 255 g/mol. The Kier molecular flexibility index (Phi) is 4.35. The maximum Gasteiger partial charge on any atom is 0.0949 e. The Morgan fingerprint density at radius 1 is 0.947 bits per heavy atom. The molecule has 2 unspecified atom stereocenters. The van der Waals surface area contributed by atoms with E-state index in [1.54, 1.807) is 0 Å². The molecule has 0 amide bonds. The lowest BCUT2D eigenvalue weighted by Gasteiger charge is -2.22. The number of nitrogens with two attached hydrogens (primary N) is 1. The highest BCUT2D eigenvalue weighted by Gasteiger charge is 2.20. The summed E-state index contributed by atoms with van der Waals surface area (Å²) in [5.74, 6) is 0. The van der Waals surface area contributed by atoms with Crippen molar-refractivity contribution in [3.8, 4) is 0 Å². The van der Waals surface area contributed by atoms with E-state index in [0.29, 0.717) is 6.42 Å². The molecule has 2 aromatic carbocycles. The van der Waals surface area contributed by atoms with Crippen LogP contribution in [0.15, 0.2) is 48.5 Å². The normalized spacial score (nSPS) is 14.1. The van der Waals surface area contributed by atoms with Gasteiger partial charge in [0, 0.05) is 6.04 Å². The Morgan fingerprint density at radius 3 is 2.11 bits per heavy atom. The summed E-state index contributed by atoms with van der Waals surface area (Å²) in [4.78, 5) is 0. The van der Waals surface area contributed by atoms with E-state index < -0.39 is 6.10 Å². The summed E-state index contributed by atoms with van der Waals surface area (Å²) in [6, 6.07) is 15.8. The van der Waals surface area contributed by atoms with Gasteiger partial charge in [0.1, 0.15) is 0 Å². The van der Waals surface area contributed by atoms with E-state index >= 15 is 0 Å². The highest BCUT2D eigenvalue weighted by molar-refractivity contribution is 5.36. The zero-order valence-electron chi connectivity index (χ0n) is 11.5. The lowest BCUT2D eigenvalue weighted by atomic mass is 9.91. The number of hydrogen-bond acceptors (Lipinski definition) is 2. The molecule has 0 saturated carbocycles. The summed E-state index contributed by atoms with van der Waals surface area (Å²) in [6.45, 7) is 4.03. The predicted molar refractivity (Wildman–Crippen MR) is 79.0 cm³/mol. The van der Waals surface area contributed by atoms with Gasteiger partial charge in [0.05, 0.1) is 6.10 Å². The summed E-state index contributed by atoms with van der Waals surface area (Å²) in [5.41, 5.74) is 10.5.